The Morgan fingerprint density at radius 2 is 1.64 bits per heavy atom. The quantitative estimate of drug-likeness (QED) is 0.426. The molecule has 178 valence electrons. The van der Waals surface area contributed by atoms with E-state index in [1.54, 1.807) is 39.0 Å². The molecule has 0 fully saturated rings. The minimum absolute atomic E-state index is 0.0614. The Morgan fingerprint density at radius 3 is 2.15 bits per heavy atom. The zero-order valence-corrected chi connectivity index (χ0v) is 20.1. The van der Waals surface area contributed by atoms with E-state index in [1.165, 1.54) is 16.1 Å². The molecule has 0 N–H and O–H groups in total. The van der Waals surface area contributed by atoms with Crippen LogP contribution in [-0.4, -0.2) is 43.3 Å². The Balaban J connectivity index is 2.14. The van der Waals surface area contributed by atoms with Gasteiger partial charge in [-0.25, -0.2) is 12.4 Å². The van der Waals surface area contributed by atoms with Crippen LogP contribution in [0.4, 0.5) is 0 Å². The highest BCUT2D eigenvalue weighted by Crippen LogP contribution is 2.38. The lowest BCUT2D eigenvalue weighted by Crippen LogP contribution is -2.41. The van der Waals surface area contributed by atoms with Crippen molar-refractivity contribution in [3.63, 3.8) is 0 Å². The molecule has 0 amide bonds. The Bertz CT molecular complexity index is 1150. The second-order valence-electron chi connectivity index (χ2n) is 7.81. The first-order valence-corrected chi connectivity index (χ1v) is 12.6. The second-order valence-corrected chi connectivity index (χ2v) is 9.60. The first-order chi connectivity index (χ1) is 15.7. The van der Waals surface area contributed by atoms with Gasteiger partial charge in [0.15, 0.2) is 11.7 Å². The highest BCUT2D eigenvalue weighted by molar-refractivity contribution is 7.90. The first-order valence-electron chi connectivity index (χ1n) is 11.1. The molecule has 1 aliphatic rings. The molecule has 9 heteroatoms. The number of hydrogen-bond acceptors (Lipinski definition) is 7. The number of rotatable bonds is 8. The van der Waals surface area contributed by atoms with Crippen molar-refractivity contribution in [2.75, 3.05) is 13.2 Å². The van der Waals surface area contributed by atoms with Crippen molar-refractivity contribution in [2.24, 2.45) is 11.8 Å². The van der Waals surface area contributed by atoms with Crippen molar-refractivity contribution in [1.29, 1.82) is 0 Å². The number of ketones is 1. The zero-order valence-electron chi connectivity index (χ0n) is 19.3. The Labute approximate surface area is 193 Å². The average molecular weight is 476 g/mol. The minimum Gasteiger partial charge on any atom is -0.465 e. The molecule has 1 aromatic heterocycles. The summed E-state index contributed by atoms with van der Waals surface area (Å²) in [5.41, 5.74) is 1.74. The van der Waals surface area contributed by atoms with Gasteiger partial charge in [-0.05, 0) is 57.7 Å². The molecule has 1 aliphatic carbocycles. The van der Waals surface area contributed by atoms with Crippen LogP contribution in [0, 0.1) is 18.8 Å². The molecule has 0 aliphatic heterocycles. The monoisotopic (exact) mass is 475 g/mol. The molecule has 2 aromatic rings. The van der Waals surface area contributed by atoms with Gasteiger partial charge >= 0.3 is 11.9 Å². The zero-order chi connectivity index (χ0) is 24.3. The SMILES string of the molecule is CCOC(=O)C(C(=O)OCC)C1CCc2c(c(CC)c(C)n2S(=O)(=O)c2ccccc2)C1=O. The van der Waals surface area contributed by atoms with Gasteiger partial charge in [0.05, 0.1) is 18.1 Å². The van der Waals surface area contributed by atoms with Gasteiger partial charge in [-0.1, -0.05) is 25.1 Å². The summed E-state index contributed by atoms with van der Waals surface area (Å²) < 4.78 is 38.3. The van der Waals surface area contributed by atoms with E-state index < -0.39 is 39.6 Å². The van der Waals surface area contributed by atoms with E-state index in [9.17, 15) is 22.8 Å². The van der Waals surface area contributed by atoms with E-state index in [4.69, 9.17) is 9.47 Å². The lowest BCUT2D eigenvalue weighted by atomic mass is 9.76. The van der Waals surface area contributed by atoms with Crippen LogP contribution in [0.1, 0.15) is 54.5 Å². The molecule has 1 unspecified atom stereocenters. The molecule has 0 spiro atoms. The number of fused-ring (bicyclic) bond motifs is 1. The summed E-state index contributed by atoms with van der Waals surface area (Å²) in [4.78, 5) is 39.0. The lowest BCUT2D eigenvalue weighted by Gasteiger charge is -2.27. The Kier molecular flexibility index (Phi) is 7.41. The van der Waals surface area contributed by atoms with E-state index in [-0.39, 0.29) is 36.5 Å². The van der Waals surface area contributed by atoms with Crippen molar-refractivity contribution >= 4 is 27.7 Å². The van der Waals surface area contributed by atoms with Gasteiger partial charge in [0.2, 0.25) is 0 Å². The van der Waals surface area contributed by atoms with Crippen LogP contribution in [0.5, 0.6) is 0 Å². The number of Topliss-reactive ketones (excluding diaryl/α,β-unsaturated/α-hetero) is 1. The summed E-state index contributed by atoms with van der Waals surface area (Å²) in [7, 11) is -3.93. The topological polar surface area (TPSA) is 109 Å². The molecule has 0 saturated carbocycles. The van der Waals surface area contributed by atoms with Gasteiger partial charge in [0.1, 0.15) is 0 Å². The highest BCUT2D eigenvalue weighted by Gasteiger charge is 2.46. The molecule has 1 aromatic carbocycles. The summed E-state index contributed by atoms with van der Waals surface area (Å²) in [5.74, 6) is -4.39. The van der Waals surface area contributed by atoms with E-state index in [1.807, 2.05) is 6.92 Å². The van der Waals surface area contributed by atoms with Gasteiger partial charge in [-0.15, -0.1) is 0 Å². The van der Waals surface area contributed by atoms with Gasteiger partial charge in [-0.2, -0.15) is 0 Å². The third-order valence-corrected chi connectivity index (χ3v) is 7.81. The van der Waals surface area contributed by atoms with Crippen LogP contribution < -0.4 is 0 Å². The van der Waals surface area contributed by atoms with Gasteiger partial charge < -0.3 is 9.47 Å². The van der Waals surface area contributed by atoms with Crippen LogP contribution in [0.15, 0.2) is 35.2 Å². The smallest absolute Gasteiger partial charge is 0.321 e. The predicted molar refractivity (Wildman–Crippen MR) is 120 cm³/mol. The Hall–Kier alpha value is -2.94. The average Bonchev–Trinajstić information content (AvgIpc) is 3.09. The predicted octanol–water partition coefficient (Wildman–Crippen LogP) is 3.08. The van der Waals surface area contributed by atoms with Gasteiger partial charge in [-0.3, -0.25) is 14.4 Å². The van der Waals surface area contributed by atoms with E-state index >= 15 is 0 Å². The minimum atomic E-state index is -3.93. The van der Waals surface area contributed by atoms with Crippen molar-refractivity contribution in [1.82, 2.24) is 3.97 Å². The highest BCUT2D eigenvalue weighted by atomic mass is 32.2. The standard InChI is InChI=1S/C24H29NO7S/c1-5-17-15(4)25(33(29,30)16-11-9-8-10-12-16)19-14-13-18(22(26)20(17)19)21(23(27)31-6-2)24(28)32-7-3/h8-12,18,21H,5-7,13-14H2,1-4H3. The number of nitrogens with zero attached hydrogens (tertiary/aromatic N) is 1. The number of esters is 2. The molecule has 0 saturated heterocycles. The number of benzene rings is 1. The fraction of sp³-hybridized carbons (Fsp3) is 0.458. The molecular weight excluding hydrogens is 446 g/mol. The number of carbonyl (C=O) groups is 3. The van der Waals surface area contributed by atoms with Crippen molar-refractivity contribution < 1.29 is 32.3 Å². The third-order valence-electron chi connectivity index (χ3n) is 5.97. The largest absolute Gasteiger partial charge is 0.465 e. The van der Waals surface area contributed by atoms with Gasteiger partial charge in [0, 0.05) is 22.9 Å². The summed E-state index contributed by atoms with van der Waals surface area (Å²) >= 11 is 0. The summed E-state index contributed by atoms with van der Waals surface area (Å²) in [6.07, 6.45) is 0.770. The van der Waals surface area contributed by atoms with Crippen LogP contribution in [0.2, 0.25) is 0 Å². The second kappa shape index (κ2) is 9.91. The number of ether oxygens (including phenoxy) is 2. The molecule has 33 heavy (non-hydrogen) atoms. The molecule has 1 heterocycles. The van der Waals surface area contributed by atoms with Crippen molar-refractivity contribution in [3.8, 4) is 0 Å². The number of hydrogen-bond donors (Lipinski definition) is 0. The normalized spacial score (nSPS) is 15.9. The van der Waals surface area contributed by atoms with Crippen molar-refractivity contribution in [2.45, 2.75) is 51.9 Å². The molecule has 0 radical (unpaired) electrons. The molecule has 0 bridgehead atoms. The number of carbonyl (C=O) groups excluding carboxylic acids is 3. The Morgan fingerprint density at radius 1 is 1.06 bits per heavy atom. The molecule has 1 atom stereocenters. The lowest BCUT2D eigenvalue weighted by molar-refractivity contribution is -0.163. The fourth-order valence-corrected chi connectivity index (χ4v) is 6.23. The van der Waals surface area contributed by atoms with E-state index in [2.05, 4.69) is 0 Å². The third kappa shape index (κ3) is 4.34. The fourth-order valence-electron chi connectivity index (χ4n) is 4.57. The van der Waals surface area contributed by atoms with Crippen LogP contribution in [-0.2, 0) is 41.9 Å². The molecule has 3 rings (SSSR count). The van der Waals surface area contributed by atoms with Crippen LogP contribution in [0.3, 0.4) is 0 Å². The van der Waals surface area contributed by atoms with E-state index in [0.717, 1.165) is 0 Å². The first kappa shape index (κ1) is 24.7. The maximum absolute atomic E-state index is 13.7. The molecule has 8 nitrogen and oxygen atoms in total. The maximum atomic E-state index is 13.7. The summed E-state index contributed by atoms with van der Waals surface area (Å²) in [5, 5.41) is 0. The van der Waals surface area contributed by atoms with E-state index in [0.29, 0.717) is 23.4 Å². The van der Waals surface area contributed by atoms with Crippen LogP contribution >= 0.6 is 0 Å². The van der Waals surface area contributed by atoms with Gasteiger partial charge in [0.25, 0.3) is 10.0 Å². The maximum Gasteiger partial charge on any atom is 0.321 e. The van der Waals surface area contributed by atoms with Crippen LogP contribution in [0.25, 0.3) is 0 Å². The summed E-state index contributed by atoms with van der Waals surface area (Å²) in [6.45, 7) is 6.88. The van der Waals surface area contributed by atoms with Crippen molar-refractivity contribution in [3.05, 3.63) is 52.8 Å². The number of aromatic nitrogens is 1. The molecular formula is C24H29NO7S. The summed E-state index contributed by atoms with van der Waals surface area (Å²) in [6, 6.07) is 8.04.